The van der Waals surface area contributed by atoms with Gasteiger partial charge in [0.25, 0.3) is 0 Å². The molecule has 0 aliphatic carbocycles. The minimum atomic E-state index is -0.280. The Hall–Kier alpha value is -2.57. The lowest BCUT2D eigenvalue weighted by atomic mass is 10.0. The van der Waals surface area contributed by atoms with Gasteiger partial charge in [0.1, 0.15) is 5.75 Å². The zero-order chi connectivity index (χ0) is 17.5. The highest BCUT2D eigenvalue weighted by molar-refractivity contribution is 5.92. The number of carbonyl (C=O) groups excluding carboxylic acids is 1. The van der Waals surface area contributed by atoms with Crippen LogP contribution in [0.5, 0.6) is 5.75 Å². The van der Waals surface area contributed by atoms with Gasteiger partial charge in [0.05, 0.1) is 25.5 Å². The van der Waals surface area contributed by atoms with E-state index in [-0.39, 0.29) is 12.1 Å². The molecule has 1 aliphatic heterocycles. The third kappa shape index (κ3) is 4.71. The fraction of sp³-hybridized carbons (Fsp3) is 0.316. The highest BCUT2D eigenvalue weighted by Crippen LogP contribution is 2.30. The Kier molecular flexibility index (Phi) is 5.87. The molecule has 6 nitrogen and oxygen atoms in total. The van der Waals surface area contributed by atoms with Crippen molar-refractivity contribution in [2.24, 2.45) is 0 Å². The van der Waals surface area contributed by atoms with Gasteiger partial charge in [-0.25, -0.2) is 4.79 Å². The summed E-state index contributed by atoms with van der Waals surface area (Å²) in [5.74, 6) is 0.616. The molecule has 25 heavy (non-hydrogen) atoms. The second-order valence-electron chi connectivity index (χ2n) is 5.81. The number of anilines is 1. The van der Waals surface area contributed by atoms with E-state index in [2.05, 4.69) is 16.0 Å². The van der Waals surface area contributed by atoms with E-state index in [1.807, 2.05) is 48.5 Å². The quantitative estimate of drug-likeness (QED) is 0.781. The second-order valence-corrected chi connectivity index (χ2v) is 5.81. The van der Waals surface area contributed by atoms with E-state index in [1.54, 1.807) is 7.11 Å². The topological polar surface area (TPSA) is 71.6 Å². The molecule has 3 rings (SSSR count). The van der Waals surface area contributed by atoms with E-state index in [9.17, 15) is 4.79 Å². The van der Waals surface area contributed by atoms with Gasteiger partial charge in [-0.3, -0.25) is 0 Å². The van der Waals surface area contributed by atoms with Crippen LogP contribution in [0, 0.1) is 0 Å². The Bertz CT molecular complexity index is 700. The molecule has 2 amide bonds. The number of hydrogen-bond acceptors (Lipinski definition) is 4. The molecule has 1 fully saturated rings. The van der Waals surface area contributed by atoms with Crippen molar-refractivity contribution in [3.63, 3.8) is 0 Å². The lowest BCUT2D eigenvalue weighted by Crippen LogP contribution is -2.46. The zero-order valence-corrected chi connectivity index (χ0v) is 14.2. The van der Waals surface area contributed by atoms with Crippen LogP contribution in [0.2, 0.25) is 0 Å². The third-order valence-corrected chi connectivity index (χ3v) is 4.05. The fourth-order valence-electron chi connectivity index (χ4n) is 2.74. The van der Waals surface area contributed by atoms with Crippen LogP contribution in [0.4, 0.5) is 10.5 Å². The average Bonchev–Trinajstić information content (AvgIpc) is 2.68. The molecule has 1 saturated heterocycles. The van der Waals surface area contributed by atoms with E-state index in [0.29, 0.717) is 24.6 Å². The highest BCUT2D eigenvalue weighted by atomic mass is 16.5. The van der Waals surface area contributed by atoms with Crippen LogP contribution in [-0.4, -0.2) is 45.5 Å². The molecule has 2 aromatic carbocycles. The molecule has 1 aliphatic rings. The molecule has 0 aromatic heterocycles. The molecular formula is C19H23N3O3. The summed E-state index contributed by atoms with van der Waals surface area (Å²) in [7, 11) is 1.59. The fourth-order valence-corrected chi connectivity index (χ4v) is 2.74. The van der Waals surface area contributed by atoms with E-state index < -0.39 is 0 Å². The first-order valence-electron chi connectivity index (χ1n) is 8.37. The van der Waals surface area contributed by atoms with Crippen LogP contribution in [0.25, 0.3) is 11.1 Å². The Morgan fingerprint density at radius 2 is 2.08 bits per heavy atom. The smallest absolute Gasteiger partial charge is 0.319 e. The van der Waals surface area contributed by atoms with Crippen molar-refractivity contribution in [3.8, 4) is 16.9 Å². The number of nitrogens with one attached hydrogen (secondary N) is 3. The summed E-state index contributed by atoms with van der Waals surface area (Å²) < 4.78 is 10.9. The summed E-state index contributed by atoms with van der Waals surface area (Å²) in [6.45, 7) is 2.72. The molecule has 6 heteroatoms. The van der Waals surface area contributed by atoms with Gasteiger partial charge in [-0.15, -0.1) is 0 Å². The van der Waals surface area contributed by atoms with Gasteiger partial charge in [-0.1, -0.05) is 36.4 Å². The van der Waals surface area contributed by atoms with Crippen LogP contribution in [0.15, 0.2) is 48.5 Å². The number of benzene rings is 2. The average molecular weight is 341 g/mol. The Morgan fingerprint density at radius 1 is 1.24 bits per heavy atom. The lowest BCUT2D eigenvalue weighted by Gasteiger charge is -2.23. The first-order chi connectivity index (χ1) is 12.3. The standard InChI is InChI=1S/C19H23N3O3/c1-24-18-8-7-15(14-5-3-2-4-6-14)11-17(18)22-19(23)21-13-16-12-20-9-10-25-16/h2-8,11,16,20H,9-10,12-13H2,1H3,(H2,21,22,23). The summed E-state index contributed by atoms with van der Waals surface area (Å²) in [5.41, 5.74) is 2.72. The van der Waals surface area contributed by atoms with Crippen LogP contribution >= 0.6 is 0 Å². The van der Waals surface area contributed by atoms with Gasteiger partial charge in [0.2, 0.25) is 0 Å². The number of hydrogen-bond donors (Lipinski definition) is 3. The van der Waals surface area contributed by atoms with Crippen molar-refractivity contribution in [2.45, 2.75) is 6.10 Å². The minimum absolute atomic E-state index is 0.00273. The van der Waals surface area contributed by atoms with Gasteiger partial charge in [0, 0.05) is 19.6 Å². The van der Waals surface area contributed by atoms with Crippen LogP contribution in [-0.2, 0) is 4.74 Å². The van der Waals surface area contributed by atoms with Crippen molar-refractivity contribution in [3.05, 3.63) is 48.5 Å². The minimum Gasteiger partial charge on any atom is -0.495 e. The van der Waals surface area contributed by atoms with Crippen molar-refractivity contribution in [1.29, 1.82) is 0 Å². The summed E-state index contributed by atoms with van der Waals surface area (Å²) in [6.07, 6.45) is -0.00273. The summed E-state index contributed by atoms with van der Waals surface area (Å²) in [6, 6.07) is 15.4. The van der Waals surface area contributed by atoms with Gasteiger partial charge >= 0.3 is 6.03 Å². The third-order valence-electron chi connectivity index (χ3n) is 4.05. The van der Waals surface area contributed by atoms with E-state index in [0.717, 1.165) is 24.2 Å². The predicted molar refractivity (Wildman–Crippen MR) is 98.1 cm³/mol. The van der Waals surface area contributed by atoms with Crippen molar-refractivity contribution >= 4 is 11.7 Å². The molecule has 0 saturated carbocycles. The number of ether oxygens (including phenoxy) is 2. The number of urea groups is 1. The van der Waals surface area contributed by atoms with E-state index in [1.165, 1.54) is 0 Å². The number of amides is 2. The molecule has 132 valence electrons. The molecule has 0 spiro atoms. The zero-order valence-electron chi connectivity index (χ0n) is 14.2. The number of rotatable bonds is 5. The summed E-state index contributed by atoms with van der Waals surface area (Å²) in [4.78, 5) is 12.2. The predicted octanol–water partition coefficient (Wildman–Crippen LogP) is 2.47. The maximum Gasteiger partial charge on any atom is 0.319 e. The van der Waals surface area contributed by atoms with Crippen LogP contribution < -0.4 is 20.7 Å². The molecule has 0 radical (unpaired) electrons. The first kappa shape index (κ1) is 17.3. The summed E-state index contributed by atoms with van der Waals surface area (Å²) >= 11 is 0. The molecule has 1 unspecified atom stereocenters. The molecule has 1 atom stereocenters. The monoisotopic (exact) mass is 341 g/mol. The molecule has 0 bridgehead atoms. The molecule has 1 heterocycles. The summed E-state index contributed by atoms with van der Waals surface area (Å²) in [5, 5.41) is 8.94. The van der Waals surface area contributed by atoms with Crippen molar-refractivity contribution < 1.29 is 14.3 Å². The molecular weight excluding hydrogens is 318 g/mol. The van der Waals surface area contributed by atoms with Crippen LogP contribution in [0.1, 0.15) is 0 Å². The number of carbonyl (C=O) groups is 1. The SMILES string of the molecule is COc1ccc(-c2ccccc2)cc1NC(=O)NCC1CNCCO1. The molecule has 3 N–H and O–H groups in total. The Balaban J connectivity index is 1.66. The largest absolute Gasteiger partial charge is 0.495 e. The Labute approximate surface area is 147 Å². The van der Waals surface area contributed by atoms with Crippen molar-refractivity contribution in [1.82, 2.24) is 10.6 Å². The number of morpholine rings is 1. The molecule has 2 aromatic rings. The van der Waals surface area contributed by atoms with Gasteiger partial charge in [-0.05, 0) is 23.3 Å². The maximum atomic E-state index is 12.2. The second kappa shape index (κ2) is 8.50. The van der Waals surface area contributed by atoms with E-state index in [4.69, 9.17) is 9.47 Å². The van der Waals surface area contributed by atoms with Gasteiger partial charge in [-0.2, -0.15) is 0 Å². The lowest BCUT2D eigenvalue weighted by molar-refractivity contribution is 0.0310. The normalized spacial score (nSPS) is 16.9. The van der Waals surface area contributed by atoms with Crippen molar-refractivity contribution in [2.75, 3.05) is 38.7 Å². The first-order valence-corrected chi connectivity index (χ1v) is 8.37. The highest BCUT2D eigenvalue weighted by Gasteiger charge is 2.15. The van der Waals surface area contributed by atoms with Gasteiger partial charge in [0.15, 0.2) is 0 Å². The maximum absolute atomic E-state index is 12.2. The van der Waals surface area contributed by atoms with Gasteiger partial charge < -0.3 is 25.4 Å². The van der Waals surface area contributed by atoms with E-state index >= 15 is 0 Å². The van der Waals surface area contributed by atoms with Crippen LogP contribution in [0.3, 0.4) is 0 Å². The Morgan fingerprint density at radius 3 is 2.80 bits per heavy atom. The number of methoxy groups -OCH3 is 1.